The summed E-state index contributed by atoms with van der Waals surface area (Å²) in [4.78, 5) is 42.0. The van der Waals surface area contributed by atoms with Crippen molar-refractivity contribution in [1.82, 2.24) is 15.6 Å². The predicted molar refractivity (Wildman–Crippen MR) is 138 cm³/mol. The van der Waals surface area contributed by atoms with Gasteiger partial charge in [-0.1, -0.05) is 42.6 Å². The smallest absolute Gasteiger partial charge is 0.268 e. The van der Waals surface area contributed by atoms with Crippen molar-refractivity contribution in [3.63, 3.8) is 0 Å². The molecule has 1 aliphatic heterocycles. The number of para-hydroxylation sites is 1. The highest BCUT2D eigenvalue weighted by molar-refractivity contribution is 6.34. The number of hydrogen-bond acceptors (Lipinski definition) is 5. The number of benzene rings is 2. The molecule has 2 aromatic carbocycles. The number of fused-ring (bicyclic) bond motifs is 2. The molecule has 3 aromatic rings. The van der Waals surface area contributed by atoms with Crippen LogP contribution in [0.4, 0.5) is 5.69 Å². The Morgan fingerprint density at radius 3 is 2.70 bits per heavy atom. The second-order valence-electron chi connectivity index (χ2n) is 9.48. The largest absolute Gasteiger partial charge is 0.496 e. The molecule has 1 aromatic heterocycles. The van der Waals surface area contributed by atoms with Gasteiger partial charge in [-0.2, -0.15) is 5.26 Å². The molecule has 0 saturated heterocycles. The Kier molecular flexibility index (Phi) is 6.76. The summed E-state index contributed by atoms with van der Waals surface area (Å²) in [5.74, 6) is -0.785. The second-order valence-corrected chi connectivity index (χ2v) is 9.89. The fourth-order valence-corrected chi connectivity index (χ4v) is 5.01. The summed E-state index contributed by atoms with van der Waals surface area (Å²) in [6.07, 6.45) is 2.55. The average molecular weight is 520 g/mol. The van der Waals surface area contributed by atoms with Gasteiger partial charge >= 0.3 is 0 Å². The number of H-pyrrole nitrogens is 1. The van der Waals surface area contributed by atoms with Gasteiger partial charge in [0.05, 0.1) is 29.8 Å². The molecule has 3 amide bonds. The molecule has 1 aliphatic carbocycles. The zero-order valence-corrected chi connectivity index (χ0v) is 20.9. The molecule has 4 N–H and O–H groups in total. The summed E-state index contributed by atoms with van der Waals surface area (Å²) in [6, 6.07) is 12.7. The van der Waals surface area contributed by atoms with Crippen molar-refractivity contribution in [3.8, 4) is 11.8 Å². The Morgan fingerprint density at radius 1 is 1.19 bits per heavy atom. The number of nitriles is 1. The van der Waals surface area contributed by atoms with Gasteiger partial charge in [0.1, 0.15) is 23.5 Å². The summed E-state index contributed by atoms with van der Waals surface area (Å²) in [7, 11) is 1.56. The molecule has 1 fully saturated rings. The number of rotatable bonds is 9. The van der Waals surface area contributed by atoms with Crippen LogP contribution in [0.2, 0.25) is 5.02 Å². The summed E-state index contributed by atoms with van der Waals surface area (Å²) in [6.45, 7) is 0. The Morgan fingerprint density at radius 2 is 1.97 bits per heavy atom. The highest BCUT2D eigenvalue weighted by atomic mass is 35.5. The van der Waals surface area contributed by atoms with E-state index in [2.05, 4.69) is 27.0 Å². The van der Waals surface area contributed by atoms with Crippen molar-refractivity contribution in [2.45, 2.75) is 43.7 Å². The fourth-order valence-electron chi connectivity index (χ4n) is 4.78. The first-order valence-corrected chi connectivity index (χ1v) is 12.5. The first-order valence-electron chi connectivity index (χ1n) is 12.1. The second kappa shape index (κ2) is 10.1. The van der Waals surface area contributed by atoms with Gasteiger partial charge in [0.15, 0.2) is 0 Å². The number of nitrogens with one attached hydrogen (secondary N) is 4. The molecular weight excluding hydrogens is 494 g/mol. The van der Waals surface area contributed by atoms with Gasteiger partial charge < -0.3 is 25.7 Å². The molecule has 10 heteroatoms. The molecule has 0 spiro atoms. The van der Waals surface area contributed by atoms with Gasteiger partial charge in [0.2, 0.25) is 11.8 Å². The van der Waals surface area contributed by atoms with Crippen LogP contribution in [0, 0.1) is 17.2 Å². The Bertz CT molecular complexity index is 1420. The van der Waals surface area contributed by atoms with Crippen molar-refractivity contribution in [3.05, 3.63) is 58.7 Å². The number of aromatic nitrogens is 1. The minimum atomic E-state index is -0.927. The van der Waals surface area contributed by atoms with E-state index >= 15 is 0 Å². The van der Waals surface area contributed by atoms with Crippen LogP contribution in [0.25, 0.3) is 10.9 Å². The van der Waals surface area contributed by atoms with E-state index in [-0.39, 0.29) is 12.3 Å². The molecule has 0 radical (unpaired) electrons. The van der Waals surface area contributed by atoms with Crippen molar-refractivity contribution in [2.75, 3.05) is 12.4 Å². The van der Waals surface area contributed by atoms with Gasteiger partial charge in [0, 0.05) is 10.9 Å². The minimum absolute atomic E-state index is 0.0906. The third-order valence-corrected chi connectivity index (χ3v) is 7.22. The zero-order valence-electron chi connectivity index (χ0n) is 20.1. The molecule has 37 heavy (non-hydrogen) atoms. The van der Waals surface area contributed by atoms with E-state index in [0.29, 0.717) is 40.1 Å². The van der Waals surface area contributed by atoms with E-state index in [1.807, 2.05) is 12.1 Å². The Balaban J connectivity index is 1.29. The standard InChI is InChI=1S/C27H26ClN5O4/c1-37-23-7-3-6-20-18(23)12-22(31-20)27(36)32-21(10-14-8-9-14)26(35)30-15(13-29)11-17-16-4-2-5-19(28)24(16)33-25(17)34/h2-7,12,14-15,17,21,31H,8-11H2,1H3,(H,30,35)(H,32,36)(H,33,34)/t15-,17+,21-/m0/s1. The van der Waals surface area contributed by atoms with Crippen molar-refractivity contribution in [2.24, 2.45) is 5.92 Å². The molecule has 0 unspecified atom stereocenters. The van der Waals surface area contributed by atoms with E-state index in [9.17, 15) is 19.6 Å². The van der Waals surface area contributed by atoms with Gasteiger partial charge in [-0.3, -0.25) is 14.4 Å². The van der Waals surface area contributed by atoms with Gasteiger partial charge in [-0.15, -0.1) is 0 Å². The van der Waals surface area contributed by atoms with Crippen LogP contribution in [0.5, 0.6) is 5.75 Å². The van der Waals surface area contributed by atoms with Gasteiger partial charge in [-0.05, 0) is 48.6 Å². The first kappa shape index (κ1) is 24.7. The summed E-state index contributed by atoms with van der Waals surface area (Å²) >= 11 is 6.19. The highest BCUT2D eigenvalue weighted by Crippen LogP contribution is 2.39. The molecule has 9 nitrogen and oxygen atoms in total. The highest BCUT2D eigenvalue weighted by Gasteiger charge is 2.36. The number of aromatic amines is 1. The summed E-state index contributed by atoms with van der Waals surface area (Å²) in [5.41, 5.74) is 2.29. The topological polar surface area (TPSA) is 136 Å². The Hall–Kier alpha value is -4.03. The molecule has 190 valence electrons. The lowest BCUT2D eigenvalue weighted by atomic mass is 9.93. The SMILES string of the molecule is COc1cccc2[nH]c(C(=O)N[C@@H](CC3CC3)C(=O)N[C@H](C#N)C[C@H]3C(=O)Nc4c(Cl)cccc43)cc12. The average Bonchev–Trinajstić information content (AvgIpc) is 3.50. The van der Waals surface area contributed by atoms with E-state index in [4.69, 9.17) is 16.3 Å². The van der Waals surface area contributed by atoms with Crippen LogP contribution in [0.15, 0.2) is 42.5 Å². The normalized spacial score (nSPS) is 17.9. The fraction of sp³-hybridized carbons (Fsp3) is 0.333. The van der Waals surface area contributed by atoms with Gasteiger partial charge in [-0.25, -0.2) is 0 Å². The lowest BCUT2D eigenvalue weighted by Gasteiger charge is -2.21. The third kappa shape index (κ3) is 5.11. The lowest BCUT2D eigenvalue weighted by molar-refractivity contribution is -0.124. The molecule has 5 rings (SSSR count). The number of amides is 3. The number of hydrogen-bond donors (Lipinski definition) is 4. The third-order valence-electron chi connectivity index (χ3n) is 6.91. The number of anilines is 1. The molecule has 0 bridgehead atoms. The zero-order chi connectivity index (χ0) is 26.1. The summed E-state index contributed by atoms with van der Waals surface area (Å²) in [5, 5.41) is 19.3. The monoisotopic (exact) mass is 519 g/mol. The number of methoxy groups -OCH3 is 1. The predicted octanol–water partition coefficient (Wildman–Crippen LogP) is 3.86. The van der Waals surface area contributed by atoms with E-state index in [1.165, 1.54) is 0 Å². The van der Waals surface area contributed by atoms with Crippen molar-refractivity contribution < 1.29 is 19.1 Å². The van der Waals surface area contributed by atoms with Crippen LogP contribution in [0.1, 0.15) is 47.7 Å². The maximum absolute atomic E-state index is 13.2. The number of halogens is 1. The molecule has 1 saturated carbocycles. The maximum Gasteiger partial charge on any atom is 0.268 e. The molecule has 3 atom stereocenters. The number of carbonyl (C=O) groups excluding carboxylic acids is 3. The summed E-state index contributed by atoms with van der Waals surface area (Å²) < 4.78 is 5.37. The lowest BCUT2D eigenvalue weighted by Crippen LogP contribution is -2.50. The van der Waals surface area contributed by atoms with Gasteiger partial charge in [0.25, 0.3) is 5.91 Å². The minimum Gasteiger partial charge on any atom is -0.496 e. The van der Waals surface area contributed by atoms with Crippen molar-refractivity contribution in [1.29, 1.82) is 5.26 Å². The van der Waals surface area contributed by atoms with Crippen LogP contribution in [-0.2, 0) is 9.59 Å². The maximum atomic E-state index is 13.2. The Labute approximate surface area is 218 Å². The quantitative estimate of drug-likeness (QED) is 0.340. The number of ether oxygens (including phenoxy) is 1. The van der Waals surface area contributed by atoms with E-state index < -0.39 is 29.8 Å². The van der Waals surface area contributed by atoms with Crippen molar-refractivity contribution >= 4 is 45.9 Å². The van der Waals surface area contributed by atoms with Crippen LogP contribution in [0.3, 0.4) is 0 Å². The number of nitrogens with zero attached hydrogens (tertiary/aromatic N) is 1. The van der Waals surface area contributed by atoms with Crippen LogP contribution < -0.4 is 20.7 Å². The van der Waals surface area contributed by atoms with E-state index in [1.54, 1.807) is 37.4 Å². The van der Waals surface area contributed by atoms with Crippen LogP contribution in [-0.4, -0.2) is 41.9 Å². The van der Waals surface area contributed by atoms with E-state index in [0.717, 1.165) is 23.7 Å². The van der Waals surface area contributed by atoms with Crippen LogP contribution >= 0.6 is 11.6 Å². The molecule has 2 aliphatic rings. The number of carbonyl (C=O) groups is 3. The first-order chi connectivity index (χ1) is 17.9. The molecular formula is C27H26ClN5O4. The molecule has 2 heterocycles.